The number of aliphatic hydroxyl groups excluding tert-OH is 1. The van der Waals surface area contributed by atoms with Gasteiger partial charge in [0, 0.05) is 23.0 Å². The van der Waals surface area contributed by atoms with Gasteiger partial charge in [-0.3, -0.25) is 4.79 Å². The Kier molecular flexibility index (Phi) is 8.95. The number of carbonyl (C=O) groups is 1. The summed E-state index contributed by atoms with van der Waals surface area (Å²) in [7, 11) is 0. The number of aliphatic carboxylic acids is 1. The Hall–Kier alpha value is -3.66. The first-order chi connectivity index (χ1) is 17.9. The van der Waals surface area contributed by atoms with Crippen LogP contribution in [-0.2, 0) is 17.8 Å². The molecule has 0 fully saturated rings. The summed E-state index contributed by atoms with van der Waals surface area (Å²) >= 11 is 3.34. The highest BCUT2D eigenvalue weighted by Crippen LogP contribution is 2.23. The number of rotatable bonds is 12. The van der Waals surface area contributed by atoms with Crippen LogP contribution >= 0.6 is 15.9 Å². The fourth-order valence-electron chi connectivity index (χ4n) is 3.69. The van der Waals surface area contributed by atoms with Gasteiger partial charge < -0.3 is 24.1 Å². The van der Waals surface area contributed by atoms with Gasteiger partial charge in [-0.15, -0.1) is 0 Å². The Morgan fingerprint density at radius 3 is 2.54 bits per heavy atom. The number of aryl methyl sites for hydroxylation is 1. The first-order valence-electron chi connectivity index (χ1n) is 11.7. The van der Waals surface area contributed by atoms with Crippen LogP contribution in [0.2, 0.25) is 0 Å². The highest BCUT2D eigenvalue weighted by Gasteiger charge is 2.21. The number of aromatic nitrogens is 1. The van der Waals surface area contributed by atoms with Crippen LogP contribution in [0.5, 0.6) is 11.5 Å². The van der Waals surface area contributed by atoms with Gasteiger partial charge in [0.05, 0.1) is 12.3 Å². The Bertz CT molecular complexity index is 1310. The minimum atomic E-state index is -1.45. The van der Waals surface area contributed by atoms with Crippen LogP contribution in [0.15, 0.2) is 87.8 Å². The SMILES string of the molecule is Cc1oc(-c2ccccc2)nc1CCOc1cccc(CN(CC(=O)O)C(O)Oc2ccc(Br)cc2)c1. The molecule has 2 N–H and O–H groups in total. The molecule has 0 aliphatic carbocycles. The average molecular weight is 567 g/mol. The first kappa shape index (κ1) is 26.4. The number of carboxylic acid groups (broad SMARTS) is 1. The summed E-state index contributed by atoms with van der Waals surface area (Å²) in [6, 6.07) is 23.9. The molecule has 3 aromatic carbocycles. The first-order valence-corrected chi connectivity index (χ1v) is 12.5. The minimum absolute atomic E-state index is 0.143. The van der Waals surface area contributed by atoms with Crippen molar-refractivity contribution in [2.24, 2.45) is 0 Å². The highest BCUT2D eigenvalue weighted by atomic mass is 79.9. The normalized spacial score (nSPS) is 11.9. The minimum Gasteiger partial charge on any atom is -0.493 e. The number of hydrogen-bond donors (Lipinski definition) is 2. The Morgan fingerprint density at radius 1 is 1.05 bits per heavy atom. The van der Waals surface area contributed by atoms with Gasteiger partial charge in [-0.05, 0) is 61.0 Å². The van der Waals surface area contributed by atoms with E-state index in [-0.39, 0.29) is 6.54 Å². The number of nitrogens with zero attached hydrogens (tertiary/aromatic N) is 2. The summed E-state index contributed by atoms with van der Waals surface area (Å²) in [6.45, 7) is 2.01. The van der Waals surface area contributed by atoms with Gasteiger partial charge in [-0.2, -0.15) is 0 Å². The predicted octanol–water partition coefficient (Wildman–Crippen LogP) is 5.28. The van der Waals surface area contributed by atoms with Crippen molar-refractivity contribution < 1.29 is 28.9 Å². The number of benzene rings is 3. The van der Waals surface area contributed by atoms with Gasteiger partial charge >= 0.3 is 5.97 Å². The molecule has 0 bridgehead atoms. The third kappa shape index (κ3) is 7.66. The van der Waals surface area contributed by atoms with Crippen molar-refractivity contribution in [2.75, 3.05) is 13.2 Å². The summed E-state index contributed by atoms with van der Waals surface area (Å²) in [5, 5.41) is 19.9. The molecule has 4 rings (SSSR count). The number of carboxylic acids is 1. The Morgan fingerprint density at radius 2 is 1.81 bits per heavy atom. The number of oxazole rings is 1. The lowest BCUT2D eigenvalue weighted by atomic mass is 10.2. The lowest BCUT2D eigenvalue weighted by Crippen LogP contribution is -2.42. The molecule has 0 amide bonds. The molecule has 0 aliphatic heterocycles. The predicted molar refractivity (Wildman–Crippen MR) is 141 cm³/mol. The van der Waals surface area contributed by atoms with E-state index in [0.29, 0.717) is 30.4 Å². The maximum absolute atomic E-state index is 11.4. The fourth-order valence-corrected chi connectivity index (χ4v) is 3.96. The largest absolute Gasteiger partial charge is 0.493 e. The van der Waals surface area contributed by atoms with Crippen LogP contribution in [0.1, 0.15) is 17.0 Å². The van der Waals surface area contributed by atoms with E-state index < -0.39 is 18.9 Å². The van der Waals surface area contributed by atoms with E-state index >= 15 is 0 Å². The van der Waals surface area contributed by atoms with Crippen LogP contribution in [0.4, 0.5) is 0 Å². The summed E-state index contributed by atoms with van der Waals surface area (Å²) in [4.78, 5) is 17.3. The lowest BCUT2D eigenvalue weighted by molar-refractivity contribution is -0.161. The van der Waals surface area contributed by atoms with E-state index in [0.717, 1.165) is 27.1 Å². The summed E-state index contributed by atoms with van der Waals surface area (Å²) in [6.07, 6.45) is -0.882. The van der Waals surface area contributed by atoms with Crippen molar-refractivity contribution in [3.63, 3.8) is 0 Å². The summed E-state index contributed by atoms with van der Waals surface area (Å²) in [5.41, 5.74) is 2.51. The molecule has 0 spiro atoms. The molecule has 0 saturated carbocycles. The highest BCUT2D eigenvalue weighted by molar-refractivity contribution is 9.10. The quantitative estimate of drug-likeness (QED) is 0.223. The molecule has 192 valence electrons. The lowest BCUT2D eigenvalue weighted by Gasteiger charge is -2.26. The molecule has 4 aromatic rings. The van der Waals surface area contributed by atoms with Crippen molar-refractivity contribution in [3.05, 3.63) is 100 Å². The number of aliphatic hydroxyl groups is 1. The van der Waals surface area contributed by atoms with Gasteiger partial charge in [0.2, 0.25) is 5.89 Å². The van der Waals surface area contributed by atoms with E-state index in [9.17, 15) is 15.0 Å². The molecule has 0 aliphatic rings. The third-order valence-corrected chi connectivity index (χ3v) is 6.04. The molecule has 0 radical (unpaired) electrons. The molecule has 0 saturated heterocycles. The number of halogens is 1. The van der Waals surface area contributed by atoms with Crippen LogP contribution in [0, 0.1) is 6.92 Å². The van der Waals surface area contributed by atoms with E-state index in [2.05, 4.69) is 20.9 Å². The van der Waals surface area contributed by atoms with E-state index in [1.807, 2.05) is 61.5 Å². The molecule has 1 heterocycles. The smallest absolute Gasteiger partial charge is 0.317 e. The van der Waals surface area contributed by atoms with E-state index in [1.54, 1.807) is 24.3 Å². The second kappa shape index (κ2) is 12.5. The monoisotopic (exact) mass is 566 g/mol. The fraction of sp³-hybridized carbons (Fsp3) is 0.214. The molecule has 37 heavy (non-hydrogen) atoms. The second-order valence-electron chi connectivity index (χ2n) is 8.33. The van der Waals surface area contributed by atoms with Crippen molar-refractivity contribution >= 4 is 21.9 Å². The molecule has 9 heteroatoms. The van der Waals surface area contributed by atoms with Crippen molar-refractivity contribution in [2.45, 2.75) is 26.3 Å². The molecule has 1 unspecified atom stereocenters. The van der Waals surface area contributed by atoms with Gasteiger partial charge in [-0.1, -0.05) is 46.3 Å². The molecule has 1 aromatic heterocycles. The zero-order valence-corrected chi connectivity index (χ0v) is 21.8. The van der Waals surface area contributed by atoms with Gasteiger partial charge in [0.15, 0.2) is 0 Å². The summed E-state index contributed by atoms with van der Waals surface area (Å²) in [5.74, 6) is 1.30. The van der Waals surface area contributed by atoms with Crippen LogP contribution in [-0.4, -0.2) is 45.6 Å². The van der Waals surface area contributed by atoms with E-state index in [4.69, 9.17) is 13.9 Å². The average Bonchev–Trinajstić information content (AvgIpc) is 3.26. The number of hydrogen-bond acceptors (Lipinski definition) is 7. The van der Waals surface area contributed by atoms with E-state index in [1.165, 1.54) is 4.90 Å². The molecular formula is C28H27BrN2O6. The van der Waals surface area contributed by atoms with Crippen molar-refractivity contribution in [1.82, 2.24) is 9.88 Å². The zero-order chi connectivity index (χ0) is 26.2. The second-order valence-corrected chi connectivity index (χ2v) is 9.25. The van der Waals surface area contributed by atoms with Gasteiger partial charge in [0.1, 0.15) is 23.8 Å². The van der Waals surface area contributed by atoms with Crippen LogP contribution in [0.25, 0.3) is 11.5 Å². The van der Waals surface area contributed by atoms with Crippen LogP contribution < -0.4 is 9.47 Å². The van der Waals surface area contributed by atoms with Crippen molar-refractivity contribution in [3.8, 4) is 23.0 Å². The molecule has 1 atom stereocenters. The van der Waals surface area contributed by atoms with Gasteiger partial charge in [0.25, 0.3) is 6.41 Å². The standard InChI is InChI=1S/C28H27BrN2O6/c1-19-25(30-27(36-19)21-7-3-2-4-8-21)14-15-35-24-9-5-6-20(16-24)17-31(18-26(32)33)28(34)37-23-12-10-22(29)11-13-23/h2-13,16,28,34H,14-15,17-18H2,1H3,(H,32,33). The maximum atomic E-state index is 11.4. The molecule has 8 nitrogen and oxygen atoms in total. The Balaban J connectivity index is 1.36. The number of ether oxygens (including phenoxy) is 2. The van der Waals surface area contributed by atoms with Gasteiger partial charge in [-0.25, -0.2) is 9.88 Å². The summed E-state index contributed by atoms with van der Waals surface area (Å²) < 4.78 is 18.2. The third-order valence-electron chi connectivity index (χ3n) is 5.51. The Labute approximate surface area is 223 Å². The maximum Gasteiger partial charge on any atom is 0.317 e. The van der Waals surface area contributed by atoms with Crippen molar-refractivity contribution in [1.29, 1.82) is 0 Å². The van der Waals surface area contributed by atoms with Crippen LogP contribution in [0.3, 0.4) is 0 Å². The topological polar surface area (TPSA) is 105 Å². The molecular weight excluding hydrogens is 540 g/mol. The zero-order valence-electron chi connectivity index (χ0n) is 20.2.